The Morgan fingerprint density at radius 2 is 0.947 bits per heavy atom. The summed E-state index contributed by atoms with van der Waals surface area (Å²) in [7, 11) is 1.76. The molecule has 0 unspecified atom stereocenters. The number of benzene rings is 7. The molecule has 0 amide bonds. The van der Waals surface area contributed by atoms with Gasteiger partial charge in [0.2, 0.25) is 0 Å². The van der Waals surface area contributed by atoms with Crippen LogP contribution in [0.4, 0.5) is 0 Å². The first-order valence-electron chi connectivity index (χ1n) is 13.0. The molecule has 0 aromatic heterocycles. The first-order valence-corrected chi connectivity index (χ1v) is 13.0. The Hall–Kier alpha value is -4.88. The number of hydrogen-bond acceptors (Lipinski definition) is 1. The van der Waals surface area contributed by atoms with Crippen LogP contribution in [0.1, 0.15) is 0 Å². The van der Waals surface area contributed by atoms with Gasteiger partial charge in [0.1, 0.15) is 5.75 Å². The molecule has 0 aliphatic heterocycles. The van der Waals surface area contributed by atoms with Gasteiger partial charge in [0.05, 0.1) is 7.11 Å². The second kappa shape index (κ2) is 9.21. The molecule has 0 spiro atoms. The molecule has 38 heavy (non-hydrogen) atoms. The molecule has 1 nitrogen and oxygen atoms in total. The van der Waals surface area contributed by atoms with E-state index in [9.17, 15) is 0 Å². The lowest BCUT2D eigenvalue weighted by atomic mass is 9.85. The van der Waals surface area contributed by atoms with Crippen LogP contribution in [0.3, 0.4) is 0 Å². The number of hydrogen-bond donors (Lipinski definition) is 0. The maximum atomic E-state index is 5.99. The Morgan fingerprint density at radius 1 is 0.395 bits per heavy atom. The number of fused-ring (bicyclic) bond motifs is 3. The molecule has 0 aliphatic carbocycles. The van der Waals surface area contributed by atoms with Crippen LogP contribution in [0, 0.1) is 0 Å². The summed E-state index contributed by atoms with van der Waals surface area (Å²) in [6.07, 6.45) is 0. The van der Waals surface area contributed by atoms with Crippen molar-refractivity contribution in [1.29, 1.82) is 0 Å². The monoisotopic (exact) mass is 486 g/mol. The van der Waals surface area contributed by atoms with Crippen LogP contribution in [0.15, 0.2) is 140 Å². The summed E-state index contributed by atoms with van der Waals surface area (Å²) < 4.78 is 5.99. The van der Waals surface area contributed by atoms with Crippen molar-refractivity contribution < 1.29 is 4.74 Å². The van der Waals surface area contributed by atoms with Crippen molar-refractivity contribution in [3.8, 4) is 39.1 Å². The van der Waals surface area contributed by atoms with E-state index in [0.29, 0.717) is 0 Å². The van der Waals surface area contributed by atoms with Gasteiger partial charge in [0.25, 0.3) is 0 Å². The summed E-state index contributed by atoms with van der Waals surface area (Å²) in [5.41, 5.74) is 7.20. The standard InChI is InChI=1S/C37H26O/c1-38-35-23-22-27(29-21-11-15-25-12-5-6-16-28(25)29)24-34(35)37-32-19-9-7-17-30(32)36(26-13-3-2-4-14-26)31-18-8-10-20-33(31)37/h2-24H,1H3. The maximum Gasteiger partial charge on any atom is 0.126 e. The molecule has 0 heterocycles. The van der Waals surface area contributed by atoms with E-state index in [-0.39, 0.29) is 0 Å². The molecule has 0 fully saturated rings. The maximum absolute atomic E-state index is 5.99. The van der Waals surface area contributed by atoms with Gasteiger partial charge in [-0.15, -0.1) is 0 Å². The molecule has 0 N–H and O–H groups in total. The van der Waals surface area contributed by atoms with Crippen LogP contribution in [-0.4, -0.2) is 7.11 Å². The summed E-state index contributed by atoms with van der Waals surface area (Å²) in [4.78, 5) is 0. The van der Waals surface area contributed by atoms with E-state index in [4.69, 9.17) is 4.74 Å². The average Bonchev–Trinajstić information content (AvgIpc) is 2.99. The van der Waals surface area contributed by atoms with Crippen molar-refractivity contribution >= 4 is 32.3 Å². The zero-order chi connectivity index (χ0) is 25.5. The lowest BCUT2D eigenvalue weighted by molar-refractivity contribution is 0.416. The van der Waals surface area contributed by atoms with Gasteiger partial charge in [-0.1, -0.05) is 127 Å². The van der Waals surface area contributed by atoms with Crippen LogP contribution < -0.4 is 4.74 Å². The minimum atomic E-state index is 0.872. The molecule has 0 saturated heterocycles. The summed E-state index contributed by atoms with van der Waals surface area (Å²) >= 11 is 0. The molecule has 7 rings (SSSR count). The van der Waals surface area contributed by atoms with Gasteiger partial charge in [-0.2, -0.15) is 0 Å². The minimum Gasteiger partial charge on any atom is -0.496 e. The summed E-state index contributed by atoms with van der Waals surface area (Å²) in [6.45, 7) is 0. The fourth-order valence-electron chi connectivity index (χ4n) is 5.88. The number of methoxy groups -OCH3 is 1. The molecule has 7 aromatic rings. The quantitative estimate of drug-likeness (QED) is 0.225. The number of ether oxygens (including phenoxy) is 1. The Labute approximate surface area is 222 Å². The lowest BCUT2D eigenvalue weighted by Crippen LogP contribution is -1.94. The normalized spacial score (nSPS) is 11.3. The molecule has 180 valence electrons. The predicted octanol–water partition coefficient (Wildman–Crippen LogP) is 10.2. The molecule has 0 atom stereocenters. The van der Waals surface area contributed by atoms with Crippen LogP contribution >= 0.6 is 0 Å². The van der Waals surface area contributed by atoms with Crippen molar-refractivity contribution in [2.45, 2.75) is 0 Å². The molecule has 0 bridgehead atoms. The lowest BCUT2D eigenvalue weighted by Gasteiger charge is -2.20. The van der Waals surface area contributed by atoms with Gasteiger partial charge in [0.15, 0.2) is 0 Å². The van der Waals surface area contributed by atoms with E-state index in [1.54, 1.807) is 7.11 Å². The Balaban J connectivity index is 1.59. The molecular weight excluding hydrogens is 460 g/mol. The first kappa shape index (κ1) is 22.3. The van der Waals surface area contributed by atoms with E-state index in [1.165, 1.54) is 60.1 Å². The smallest absolute Gasteiger partial charge is 0.126 e. The predicted molar refractivity (Wildman–Crippen MR) is 162 cm³/mol. The van der Waals surface area contributed by atoms with Crippen molar-refractivity contribution in [2.75, 3.05) is 7.11 Å². The Bertz CT molecular complexity index is 1890. The molecule has 0 radical (unpaired) electrons. The highest BCUT2D eigenvalue weighted by atomic mass is 16.5. The second-order valence-electron chi connectivity index (χ2n) is 9.65. The summed E-state index contributed by atoms with van der Waals surface area (Å²) in [6, 6.07) is 49.9. The zero-order valence-corrected chi connectivity index (χ0v) is 21.2. The van der Waals surface area contributed by atoms with Gasteiger partial charge < -0.3 is 4.74 Å². The van der Waals surface area contributed by atoms with E-state index >= 15 is 0 Å². The van der Waals surface area contributed by atoms with E-state index in [0.717, 1.165) is 11.3 Å². The summed E-state index contributed by atoms with van der Waals surface area (Å²) in [5, 5.41) is 7.41. The molecule has 7 aromatic carbocycles. The van der Waals surface area contributed by atoms with Crippen molar-refractivity contribution in [1.82, 2.24) is 0 Å². The van der Waals surface area contributed by atoms with Crippen molar-refractivity contribution in [3.63, 3.8) is 0 Å². The fraction of sp³-hybridized carbons (Fsp3) is 0.0270. The third kappa shape index (κ3) is 3.55. The highest BCUT2D eigenvalue weighted by Crippen LogP contribution is 2.47. The van der Waals surface area contributed by atoms with Crippen molar-refractivity contribution in [3.05, 3.63) is 140 Å². The first-order chi connectivity index (χ1) is 18.8. The topological polar surface area (TPSA) is 9.23 Å². The summed E-state index contributed by atoms with van der Waals surface area (Å²) in [5.74, 6) is 0.872. The Morgan fingerprint density at radius 3 is 1.61 bits per heavy atom. The van der Waals surface area contributed by atoms with E-state index in [1.807, 2.05) is 0 Å². The highest BCUT2D eigenvalue weighted by molar-refractivity contribution is 6.22. The second-order valence-corrected chi connectivity index (χ2v) is 9.65. The van der Waals surface area contributed by atoms with E-state index < -0.39 is 0 Å². The average molecular weight is 487 g/mol. The van der Waals surface area contributed by atoms with Crippen molar-refractivity contribution in [2.24, 2.45) is 0 Å². The molecular formula is C37H26O. The number of rotatable bonds is 4. The van der Waals surface area contributed by atoms with Gasteiger partial charge in [-0.05, 0) is 66.7 Å². The van der Waals surface area contributed by atoms with Crippen LogP contribution in [0.5, 0.6) is 5.75 Å². The van der Waals surface area contributed by atoms with Crippen LogP contribution in [0.25, 0.3) is 65.7 Å². The third-order valence-electron chi connectivity index (χ3n) is 7.56. The van der Waals surface area contributed by atoms with Gasteiger partial charge >= 0.3 is 0 Å². The molecule has 0 aliphatic rings. The van der Waals surface area contributed by atoms with E-state index in [2.05, 4.69) is 140 Å². The zero-order valence-electron chi connectivity index (χ0n) is 21.2. The molecule has 0 saturated carbocycles. The Kier molecular flexibility index (Phi) is 5.41. The van der Waals surface area contributed by atoms with Gasteiger partial charge in [-0.25, -0.2) is 0 Å². The molecule has 1 heteroatoms. The van der Waals surface area contributed by atoms with Crippen LogP contribution in [-0.2, 0) is 0 Å². The minimum absolute atomic E-state index is 0.872. The SMILES string of the molecule is COc1ccc(-c2cccc3ccccc23)cc1-c1c2ccccc2c(-c2ccccc2)c2ccccc12. The largest absolute Gasteiger partial charge is 0.496 e. The highest BCUT2D eigenvalue weighted by Gasteiger charge is 2.19. The fourth-order valence-corrected chi connectivity index (χ4v) is 5.88. The van der Waals surface area contributed by atoms with Crippen LogP contribution in [0.2, 0.25) is 0 Å². The van der Waals surface area contributed by atoms with Gasteiger partial charge in [-0.3, -0.25) is 0 Å². The van der Waals surface area contributed by atoms with Gasteiger partial charge in [0, 0.05) is 11.1 Å². The third-order valence-corrected chi connectivity index (χ3v) is 7.56.